The molecule has 0 saturated carbocycles. The first-order valence-electron chi connectivity index (χ1n) is 15.6. The summed E-state index contributed by atoms with van der Waals surface area (Å²) in [7, 11) is 0. The number of hydrogen-bond donors (Lipinski definition) is 3. The van der Waals surface area contributed by atoms with Crippen LogP contribution in [0, 0.1) is 23.2 Å². The third-order valence-electron chi connectivity index (χ3n) is 9.01. The van der Waals surface area contributed by atoms with Crippen LogP contribution < -0.4 is 16.0 Å². The first-order valence-corrected chi connectivity index (χ1v) is 15.6. The third-order valence-corrected chi connectivity index (χ3v) is 9.01. The van der Waals surface area contributed by atoms with Gasteiger partial charge in [0.25, 0.3) is 0 Å². The Hall–Kier alpha value is -2.94. The van der Waals surface area contributed by atoms with Crippen LogP contribution >= 0.6 is 0 Å². The molecule has 0 spiro atoms. The van der Waals surface area contributed by atoms with Crippen LogP contribution in [0.25, 0.3) is 0 Å². The highest BCUT2D eigenvalue weighted by molar-refractivity contribution is 5.56. The van der Waals surface area contributed by atoms with Gasteiger partial charge in [-0.1, -0.05) is 125 Å². The number of rotatable bonds is 2. The molecule has 0 amide bonds. The van der Waals surface area contributed by atoms with Gasteiger partial charge in [0.15, 0.2) is 0 Å². The van der Waals surface area contributed by atoms with Crippen molar-refractivity contribution < 1.29 is 0 Å². The van der Waals surface area contributed by atoms with Crippen molar-refractivity contribution in [3.8, 4) is 0 Å². The molecule has 3 heterocycles. The highest BCUT2D eigenvalue weighted by Gasteiger charge is 2.29. The Labute approximate surface area is 266 Å². The summed E-state index contributed by atoms with van der Waals surface area (Å²) in [6.45, 7) is 18.4. The lowest BCUT2D eigenvalue weighted by atomic mass is 9.73. The van der Waals surface area contributed by atoms with Gasteiger partial charge >= 0.3 is 0 Å². The Balaban J connectivity index is 0.000000312. The predicted octanol–water partition coefficient (Wildman–Crippen LogP) is 11.5. The van der Waals surface area contributed by atoms with Crippen LogP contribution in [0.4, 0.5) is 17.1 Å². The van der Waals surface area contributed by atoms with Gasteiger partial charge < -0.3 is 16.0 Å². The highest BCUT2D eigenvalue weighted by Crippen LogP contribution is 2.42. The number of benzene rings is 3. The van der Waals surface area contributed by atoms with Crippen LogP contribution in [-0.2, 0) is 12.8 Å². The van der Waals surface area contributed by atoms with Crippen molar-refractivity contribution in [1.29, 1.82) is 0 Å². The normalized spacial score (nSPS) is 19.6. The van der Waals surface area contributed by atoms with Crippen molar-refractivity contribution in [1.82, 2.24) is 0 Å². The number of nitrogens with one attached hydrogen (secondary N) is 3. The van der Waals surface area contributed by atoms with Crippen molar-refractivity contribution in [3.63, 3.8) is 0 Å². The van der Waals surface area contributed by atoms with Gasteiger partial charge in [-0.25, -0.2) is 0 Å². The van der Waals surface area contributed by atoms with Crippen molar-refractivity contribution in [2.45, 2.75) is 108 Å². The summed E-state index contributed by atoms with van der Waals surface area (Å²) in [5.41, 5.74) is 8.82. The molecule has 3 nitrogen and oxygen atoms in total. The average Bonchev–Trinajstić information content (AvgIpc) is 2.96. The van der Waals surface area contributed by atoms with E-state index in [1.807, 2.05) is 0 Å². The first-order chi connectivity index (χ1) is 19.1. The van der Waals surface area contributed by atoms with Gasteiger partial charge in [-0.15, -0.1) is 0 Å². The molecule has 0 unspecified atom stereocenters. The molecule has 240 valence electrons. The molecule has 3 heteroatoms. The summed E-state index contributed by atoms with van der Waals surface area (Å²) in [4.78, 5) is 0. The van der Waals surface area contributed by atoms with E-state index in [2.05, 4.69) is 137 Å². The van der Waals surface area contributed by atoms with E-state index in [1.165, 1.54) is 59.4 Å². The van der Waals surface area contributed by atoms with Crippen molar-refractivity contribution in [2.24, 2.45) is 23.2 Å². The third kappa shape index (κ3) is 10.3. The standard InChI is InChI=1S/C13H19N.2C12H17N.3CH4/c1-13(2,3)11-8-9-14-12-7-5-4-6-10(11)12;1-9(2)11-7-10-5-3-4-6-12(10)13-8-11;1-9(2)11-8-7-10-5-3-4-6-12(10)13-11;;;/h4-7,11,14H,8-9H2,1-3H3;2*3-6,9,11,13H,7-8H2,1-2H3;3*1H4/t3*11-;;;/m010.../s1. The Morgan fingerprint density at radius 1 is 0.651 bits per heavy atom. The van der Waals surface area contributed by atoms with E-state index in [-0.39, 0.29) is 22.3 Å². The van der Waals surface area contributed by atoms with Crippen molar-refractivity contribution in [2.75, 3.05) is 29.0 Å². The summed E-state index contributed by atoms with van der Waals surface area (Å²) in [6.07, 6.45) is 4.99. The molecule has 6 rings (SSSR count). The number of anilines is 3. The number of fused-ring (bicyclic) bond motifs is 3. The fourth-order valence-electron chi connectivity index (χ4n) is 6.27. The van der Waals surface area contributed by atoms with Crippen LogP contribution in [0.3, 0.4) is 0 Å². The van der Waals surface area contributed by atoms with Crippen molar-refractivity contribution >= 4 is 17.1 Å². The maximum atomic E-state index is 3.60. The fraction of sp³-hybridized carbons (Fsp3) is 0.550. The van der Waals surface area contributed by atoms with E-state index in [9.17, 15) is 0 Å². The molecule has 0 aromatic heterocycles. The SMILES string of the molecule is C.C.C.CC(C)(C)[C@H]1CCNc2ccccc21.CC(C)[C@@H]1CCc2ccccc2N1.CC(C)[C@H]1CNc2ccccc2C1. The van der Waals surface area contributed by atoms with E-state index < -0.39 is 0 Å². The number of aryl methyl sites for hydroxylation is 1. The van der Waals surface area contributed by atoms with E-state index in [4.69, 9.17) is 0 Å². The summed E-state index contributed by atoms with van der Waals surface area (Å²) in [5, 5.41) is 10.6. The van der Waals surface area contributed by atoms with E-state index in [0.29, 0.717) is 17.4 Å². The predicted molar refractivity (Wildman–Crippen MR) is 196 cm³/mol. The minimum atomic E-state index is 0. The van der Waals surface area contributed by atoms with Gasteiger partial charge in [-0.3, -0.25) is 0 Å². The van der Waals surface area contributed by atoms with E-state index in [1.54, 1.807) is 0 Å². The second kappa shape index (κ2) is 17.4. The van der Waals surface area contributed by atoms with Crippen LogP contribution in [0.5, 0.6) is 0 Å². The van der Waals surface area contributed by atoms with E-state index >= 15 is 0 Å². The molecule has 0 aliphatic carbocycles. The van der Waals surface area contributed by atoms with Gasteiger partial charge in [0.1, 0.15) is 0 Å². The molecule has 3 atom stereocenters. The average molecular weight is 588 g/mol. The molecule has 3 N–H and O–H groups in total. The molecule has 3 aromatic rings. The Morgan fingerprint density at radius 3 is 1.86 bits per heavy atom. The summed E-state index contributed by atoms with van der Waals surface area (Å²) in [5.74, 6) is 3.00. The number of para-hydroxylation sites is 3. The van der Waals surface area contributed by atoms with Crippen LogP contribution in [0.2, 0.25) is 0 Å². The molecule has 0 fully saturated rings. The molecule has 0 saturated heterocycles. The highest BCUT2D eigenvalue weighted by atomic mass is 14.9. The number of hydrogen-bond acceptors (Lipinski definition) is 3. The fourth-order valence-corrected chi connectivity index (χ4v) is 6.27. The zero-order chi connectivity index (χ0) is 28.7. The summed E-state index contributed by atoms with van der Waals surface area (Å²) in [6, 6.07) is 26.6. The Kier molecular flexibility index (Phi) is 15.4. The molecule has 0 radical (unpaired) electrons. The zero-order valence-corrected chi connectivity index (χ0v) is 26.1. The topological polar surface area (TPSA) is 36.1 Å². The largest absolute Gasteiger partial charge is 0.385 e. The zero-order valence-electron chi connectivity index (χ0n) is 26.1. The molecule has 43 heavy (non-hydrogen) atoms. The van der Waals surface area contributed by atoms with Crippen LogP contribution in [0.1, 0.15) is 106 Å². The van der Waals surface area contributed by atoms with Gasteiger partial charge in [0.05, 0.1) is 0 Å². The summed E-state index contributed by atoms with van der Waals surface area (Å²) >= 11 is 0. The second-order valence-electron chi connectivity index (χ2n) is 13.7. The Morgan fingerprint density at radius 2 is 1.23 bits per heavy atom. The maximum Gasteiger partial charge on any atom is 0.0375 e. The van der Waals surface area contributed by atoms with E-state index in [0.717, 1.165) is 30.8 Å². The maximum absolute atomic E-state index is 3.60. The smallest absolute Gasteiger partial charge is 0.0375 e. The molecular formula is C40H65N3. The van der Waals surface area contributed by atoms with Gasteiger partial charge in [-0.05, 0) is 89.7 Å². The minimum Gasteiger partial charge on any atom is -0.385 e. The van der Waals surface area contributed by atoms with Crippen LogP contribution in [0.15, 0.2) is 72.8 Å². The van der Waals surface area contributed by atoms with Gasteiger partial charge in [0.2, 0.25) is 0 Å². The molecule has 0 bridgehead atoms. The minimum absolute atomic E-state index is 0. The van der Waals surface area contributed by atoms with Gasteiger partial charge in [-0.2, -0.15) is 0 Å². The lowest BCUT2D eigenvalue weighted by molar-refractivity contribution is 0.305. The van der Waals surface area contributed by atoms with Crippen molar-refractivity contribution in [3.05, 3.63) is 89.5 Å². The molecular weight excluding hydrogens is 522 g/mol. The molecule has 3 aliphatic rings. The van der Waals surface area contributed by atoms with Gasteiger partial charge in [0, 0.05) is 36.2 Å². The quantitative estimate of drug-likeness (QED) is 0.279. The first kappa shape index (κ1) is 38.1. The Bertz CT molecular complexity index is 1140. The molecule has 3 aromatic carbocycles. The monoisotopic (exact) mass is 588 g/mol. The lowest BCUT2D eigenvalue weighted by Crippen LogP contribution is -2.30. The lowest BCUT2D eigenvalue weighted by Gasteiger charge is -2.36. The second-order valence-corrected chi connectivity index (χ2v) is 13.7. The molecule has 3 aliphatic heterocycles. The van der Waals surface area contributed by atoms with Crippen LogP contribution in [-0.4, -0.2) is 19.1 Å². The summed E-state index contributed by atoms with van der Waals surface area (Å²) < 4.78 is 0.